The Balaban J connectivity index is 2.21. The van der Waals surface area contributed by atoms with Gasteiger partial charge in [-0.05, 0) is 38.8 Å². The highest BCUT2D eigenvalue weighted by Crippen LogP contribution is 2.15. The van der Waals surface area contributed by atoms with Gasteiger partial charge in [-0.15, -0.1) is 0 Å². The first kappa shape index (κ1) is 15.4. The van der Waals surface area contributed by atoms with Crippen LogP contribution >= 0.6 is 0 Å². The molecule has 0 spiro atoms. The number of carbonyl (C=O) groups excluding carboxylic acids is 1. The first-order valence-electron chi connectivity index (χ1n) is 6.83. The van der Waals surface area contributed by atoms with Crippen molar-refractivity contribution in [1.82, 2.24) is 9.80 Å². The van der Waals surface area contributed by atoms with Gasteiger partial charge in [0.15, 0.2) is 0 Å². The molecule has 0 aromatic heterocycles. The normalized spacial score (nSPS) is 17.1. The maximum atomic E-state index is 11.9. The Morgan fingerprint density at radius 3 is 2.61 bits per heavy atom. The summed E-state index contributed by atoms with van der Waals surface area (Å²) in [6.45, 7) is 4.60. The number of ether oxygens (including phenoxy) is 1. The lowest BCUT2D eigenvalue weighted by Crippen LogP contribution is -2.39. The third-order valence-corrected chi connectivity index (χ3v) is 3.44. The Hall–Kier alpha value is -0.650. The molecule has 1 amide bonds. The molecule has 1 heterocycles. The predicted octanol–water partition coefficient (Wildman–Crippen LogP) is 0.152. The maximum Gasteiger partial charge on any atom is 0.236 e. The van der Waals surface area contributed by atoms with Gasteiger partial charge in [0.05, 0.1) is 6.54 Å². The molecule has 0 aromatic rings. The van der Waals surface area contributed by atoms with Crippen LogP contribution in [0.4, 0.5) is 0 Å². The monoisotopic (exact) mass is 257 g/mol. The van der Waals surface area contributed by atoms with Gasteiger partial charge in [0.25, 0.3) is 0 Å². The molecule has 0 radical (unpaired) electrons. The maximum absolute atomic E-state index is 11.9. The molecule has 106 valence electrons. The Bertz CT molecular complexity index is 242. The van der Waals surface area contributed by atoms with Crippen LogP contribution in [0.25, 0.3) is 0 Å². The lowest BCUT2D eigenvalue weighted by atomic mass is 10.00. The van der Waals surface area contributed by atoms with Crippen molar-refractivity contribution in [3.05, 3.63) is 0 Å². The quantitative estimate of drug-likeness (QED) is 0.705. The average Bonchev–Trinajstić information content (AvgIpc) is 2.36. The standard InChI is InChI=1S/C13H27N3O2/c1-15(10-12-4-8-18-9-5-12)11-13(17)16(2)7-3-6-14/h12H,3-11,14H2,1-2H3. The van der Waals surface area contributed by atoms with Crippen molar-refractivity contribution < 1.29 is 9.53 Å². The van der Waals surface area contributed by atoms with Crippen LogP contribution in [-0.2, 0) is 9.53 Å². The molecule has 0 atom stereocenters. The second-order valence-corrected chi connectivity index (χ2v) is 5.21. The molecule has 0 aliphatic carbocycles. The van der Waals surface area contributed by atoms with E-state index in [0.717, 1.165) is 45.6 Å². The van der Waals surface area contributed by atoms with E-state index in [1.165, 1.54) is 0 Å². The number of nitrogens with zero attached hydrogens (tertiary/aromatic N) is 2. The molecule has 1 fully saturated rings. The van der Waals surface area contributed by atoms with Gasteiger partial charge >= 0.3 is 0 Å². The van der Waals surface area contributed by atoms with Crippen LogP contribution < -0.4 is 5.73 Å². The van der Waals surface area contributed by atoms with E-state index in [1.807, 2.05) is 14.1 Å². The summed E-state index contributed by atoms with van der Waals surface area (Å²) in [6, 6.07) is 0. The van der Waals surface area contributed by atoms with Gasteiger partial charge in [0, 0.05) is 33.4 Å². The van der Waals surface area contributed by atoms with Crippen LogP contribution in [0.5, 0.6) is 0 Å². The number of hydrogen-bond donors (Lipinski definition) is 1. The molecule has 5 heteroatoms. The van der Waals surface area contributed by atoms with E-state index in [9.17, 15) is 4.79 Å². The highest BCUT2D eigenvalue weighted by atomic mass is 16.5. The van der Waals surface area contributed by atoms with Crippen molar-refractivity contribution in [1.29, 1.82) is 0 Å². The van der Waals surface area contributed by atoms with Crippen molar-refractivity contribution in [3.63, 3.8) is 0 Å². The molecule has 1 saturated heterocycles. The van der Waals surface area contributed by atoms with Crippen LogP contribution in [0.15, 0.2) is 0 Å². The Morgan fingerprint density at radius 1 is 1.33 bits per heavy atom. The van der Waals surface area contributed by atoms with E-state index in [2.05, 4.69) is 4.90 Å². The lowest BCUT2D eigenvalue weighted by molar-refractivity contribution is -0.131. The second-order valence-electron chi connectivity index (χ2n) is 5.21. The first-order chi connectivity index (χ1) is 8.63. The molecule has 0 unspecified atom stereocenters. The zero-order valence-corrected chi connectivity index (χ0v) is 11.7. The zero-order chi connectivity index (χ0) is 13.4. The molecular weight excluding hydrogens is 230 g/mol. The summed E-state index contributed by atoms with van der Waals surface area (Å²) in [7, 11) is 3.87. The van der Waals surface area contributed by atoms with Crippen molar-refractivity contribution in [2.75, 3.05) is 53.5 Å². The molecular formula is C13H27N3O2. The summed E-state index contributed by atoms with van der Waals surface area (Å²) < 4.78 is 5.34. The van der Waals surface area contributed by atoms with E-state index in [1.54, 1.807) is 4.90 Å². The van der Waals surface area contributed by atoms with Crippen LogP contribution in [0, 0.1) is 5.92 Å². The molecule has 1 rings (SSSR count). The minimum atomic E-state index is 0.179. The molecule has 2 N–H and O–H groups in total. The lowest BCUT2D eigenvalue weighted by Gasteiger charge is -2.28. The third-order valence-electron chi connectivity index (χ3n) is 3.44. The third kappa shape index (κ3) is 5.80. The van der Waals surface area contributed by atoms with Gasteiger partial charge in [0.2, 0.25) is 5.91 Å². The summed E-state index contributed by atoms with van der Waals surface area (Å²) in [6.07, 6.45) is 3.09. The molecule has 5 nitrogen and oxygen atoms in total. The highest BCUT2D eigenvalue weighted by Gasteiger charge is 2.18. The SMILES string of the molecule is CN(CC(=O)N(C)CCCN)CC1CCOCC1. The molecule has 0 aromatic carbocycles. The Labute approximate surface area is 110 Å². The number of likely N-dealkylation sites (N-methyl/N-ethyl adjacent to an activating group) is 2. The van der Waals surface area contributed by atoms with E-state index in [0.29, 0.717) is 19.0 Å². The average molecular weight is 257 g/mol. The van der Waals surface area contributed by atoms with E-state index in [-0.39, 0.29) is 5.91 Å². The Morgan fingerprint density at radius 2 is 2.00 bits per heavy atom. The fraction of sp³-hybridized carbons (Fsp3) is 0.923. The largest absolute Gasteiger partial charge is 0.381 e. The molecule has 0 saturated carbocycles. The fourth-order valence-electron chi connectivity index (χ4n) is 2.24. The smallest absolute Gasteiger partial charge is 0.236 e. The van der Waals surface area contributed by atoms with Crippen LogP contribution in [0.2, 0.25) is 0 Å². The number of amides is 1. The number of rotatable bonds is 7. The minimum Gasteiger partial charge on any atom is -0.381 e. The molecule has 1 aliphatic rings. The summed E-state index contributed by atoms with van der Waals surface area (Å²) in [5, 5.41) is 0. The number of carbonyl (C=O) groups is 1. The summed E-state index contributed by atoms with van der Waals surface area (Å²) in [5.74, 6) is 0.851. The number of hydrogen-bond acceptors (Lipinski definition) is 4. The summed E-state index contributed by atoms with van der Waals surface area (Å²) in [4.78, 5) is 15.8. The predicted molar refractivity (Wildman–Crippen MR) is 72.3 cm³/mol. The van der Waals surface area contributed by atoms with Crippen molar-refractivity contribution >= 4 is 5.91 Å². The van der Waals surface area contributed by atoms with Crippen LogP contribution in [0.1, 0.15) is 19.3 Å². The topological polar surface area (TPSA) is 58.8 Å². The van der Waals surface area contributed by atoms with Gasteiger partial charge in [-0.3, -0.25) is 9.69 Å². The Kier molecular flexibility index (Phi) is 7.23. The molecule has 0 bridgehead atoms. The van der Waals surface area contributed by atoms with Crippen molar-refractivity contribution in [2.45, 2.75) is 19.3 Å². The van der Waals surface area contributed by atoms with E-state index >= 15 is 0 Å². The van der Waals surface area contributed by atoms with Gasteiger partial charge in [-0.25, -0.2) is 0 Å². The fourth-order valence-corrected chi connectivity index (χ4v) is 2.24. The van der Waals surface area contributed by atoms with Crippen LogP contribution in [0.3, 0.4) is 0 Å². The molecule has 1 aliphatic heterocycles. The van der Waals surface area contributed by atoms with Gasteiger partial charge < -0.3 is 15.4 Å². The van der Waals surface area contributed by atoms with Gasteiger partial charge in [-0.1, -0.05) is 0 Å². The summed E-state index contributed by atoms with van der Waals surface area (Å²) >= 11 is 0. The van der Waals surface area contributed by atoms with Crippen molar-refractivity contribution in [3.8, 4) is 0 Å². The highest BCUT2D eigenvalue weighted by molar-refractivity contribution is 5.77. The van der Waals surface area contributed by atoms with Gasteiger partial charge in [0.1, 0.15) is 0 Å². The van der Waals surface area contributed by atoms with Crippen LogP contribution in [-0.4, -0.2) is 69.2 Å². The van der Waals surface area contributed by atoms with E-state index in [4.69, 9.17) is 10.5 Å². The number of nitrogens with two attached hydrogens (primary N) is 1. The second kappa shape index (κ2) is 8.45. The summed E-state index contributed by atoms with van der Waals surface area (Å²) in [5.41, 5.74) is 5.44. The first-order valence-corrected chi connectivity index (χ1v) is 6.83. The van der Waals surface area contributed by atoms with Crippen molar-refractivity contribution in [2.24, 2.45) is 11.7 Å². The zero-order valence-electron chi connectivity index (χ0n) is 11.7. The van der Waals surface area contributed by atoms with Gasteiger partial charge in [-0.2, -0.15) is 0 Å². The molecule has 18 heavy (non-hydrogen) atoms. The minimum absolute atomic E-state index is 0.179. The van der Waals surface area contributed by atoms with E-state index < -0.39 is 0 Å².